The van der Waals surface area contributed by atoms with Crippen LogP contribution in [0, 0.1) is 22.7 Å². The summed E-state index contributed by atoms with van der Waals surface area (Å²) in [4.78, 5) is 13.2. The van der Waals surface area contributed by atoms with Crippen LogP contribution in [0.5, 0.6) is 0 Å². The molecule has 0 aliphatic carbocycles. The van der Waals surface area contributed by atoms with E-state index in [-0.39, 0.29) is 11.1 Å². The molecule has 0 radical (unpaired) electrons. The maximum Gasteiger partial charge on any atom is 0.401 e. The molecule has 0 spiro atoms. The summed E-state index contributed by atoms with van der Waals surface area (Å²) in [5.74, 6) is -0.585. The molecule has 1 aromatic carbocycles. The van der Waals surface area contributed by atoms with Crippen molar-refractivity contribution < 1.29 is 18.0 Å². The zero-order valence-corrected chi connectivity index (χ0v) is 11.9. The number of hydrogen-bond donors (Lipinski definition) is 1. The van der Waals surface area contributed by atoms with Crippen LogP contribution in [0.1, 0.15) is 18.1 Å². The number of halogens is 3. The molecule has 116 valence electrons. The lowest BCUT2D eigenvalue weighted by Gasteiger charge is -2.23. The molecular weight excluding hydrogens is 297 g/mol. The molecule has 1 N–H and O–H groups in total. The summed E-state index contributed by atoms with van der Waals surface area (Å²) < 4.78 is 36.4. The molecular formula is C14H13F3N4O. The minimum Gasteiger partial charge on any atom is -0.314 e. The normalized spacial score (nSPS) is 12.1. The summed E-state index contributed by atoms with van der Waals surface area (Å²) in [6, 6.07) is 6.79. The Morgan fingerprint density at radius 3 is 2.41 bits per heavy atom. The molecule has 0 heterocycles. The van der Waals surface area contributed by atoms with Crippen LogP contribution in [0.2, 0.25) is 0 Å². The first kappa shape index (κ1) is 17.5. The predicted octanol–water partition coefficient (Wildman–Crippen LogP) is 1.93. The third-order valence-corrected chi connectivity index (χ3v) is 2.94. The molecule has 0 saturated heterocycles. The number of hydrogen-bond acceptors (Lipinski definition) is 4. The lowest BCUT2D eigenvalue weighted by molar-refractivity contribution is -0.130. The molecule has 8 heteroatoms. The van der Waals surface area contributed by atoms with Crippen molar-refractivity contribution in [3.63, 3.8) is 0 Å². The van der Waals surface area contributed by atoms with Crippen LogP contribution in [0.4, 0.5) is 18.9 Å². The standard InChI is InChI=1S/C14H13F3N4O/c1-9(20-8-14(15,16)17)13(22)21(2)12-4-3-10(6-18)11(5-12)7-19/h3-5,9,20H,8H2,1-2H3/t9-/m0/s1. The first-order valence-corrected chi connectivity index (χ1v) is 6.21. The van der Waals surface area contributed by atoms with Gasteiger partial charge in [-0.05, 0) is 25.1 Å². The van der Waals surface area contributed by atoms with Gasteiger partial charge in [-0.25, -0.2) is 0 Å². The summed E-state index contributed by atoms with van der Waals surface area (Å²) in [6.45, 7) is 0.0456. The minimum atomic E-state index is -4.41. The second-order valence-electron chi connectivity index (χ2n) is 4.57. The molecule has 5 nitrogen and oxygen atoms in total. The fourth-order valence-electron chi connectivity index (χ4n) is 1.70. The Kier molecular flexibility index (Phi) is 5.50. The fraction of sp³-hybridized carbons (Fsp3) is 0.357. The number of carbonyl (C=O) groups is 1. The van der Waals surface area contributed by atoms with Gasteiger partial charge in [0.2, 0.25) is 5.91 Å². The van der Waals surface area contributed by atoms with E-state index in [1.54, 1.807) is 0 Å². The molecule has 0 fully saturated rings. The number of nitrogens with one attached hydrogen (secondary N) is 1. The molecule has 1 amide bonds. The Hall–Kier alpha value is -2.58. The van der Waals surface area contributed by atoms with Gasteiger partial charge in [-0.2, -0.15) is 23.7 Å². The van der Waals surface area contributed by atoms with Gasteiger partial charge >= 0.3 is 6.18 Å². The Labute approximate surface area is 125 Å². The number of nitriles is 2. The second kappa shape index (κ2) is 6.92. The van der Waals surface area contributed by atoms with Crippen molar-refractivity contribution in [3.8, 4) is 12.1 Å². The van der Waals surface area contributed by atoms with Crippen molar-refractivity contribution in [2.75, 3.05) is 18.5 Å². The number of anilines is 1. The first-order valence-electron chi connectivity index (χ1n) is 6.21. The van der Waals surface area contributed by atoms with Crippen molar-refractivity contribution in [1.29, 1.82) is 10.5 Å². The van der Waals surface area contributed by atoms with E-state index in [1.807, 2.05) is 12.1 Å². The number of nitrogens with zero attached hydrogens (tertiary/aromatic N) is 3. The summed E-state index contributed by atoms with van der Waals surface area (Å²) in [7, 11) is 1.39. The van der Waals surface area contributed by atoms with Gasteiger partial charge in [0.05, 0.1) is 23.7 Å². The average molecular weight is 310 g/mol. The van der Waals surface area contributed by atoms with Crippen LogP contribution in [0.3, 0.4) is 0 Å². The van der Waals surface area contributed by atoms with Gasteiger partial charge in [0.25, 0.3) is 0 Å². The second-order valence-corrected chi connectivity index (χ2v) is 4.57. The van der Waals surface area contributed by atoms with E-state index < -0.39 is 24.7 Å². The monoisotopic (exact) mass is 310 g/mol. The van der Waals surface area contributed by atoms with Crippen molar-refractivity contribution in [2.45, 2.75) is 19.1 Å². The van der Waals surface area contributed by atoms with E-state index >= 15 is 0 Å². The predicted molar refractivity (Wildman–Crippen MR) is 72.8 cm³/mol. The molecule has 0 bridgehead atoms. The maximum absolute atomic E-state index is 12.1. The zero-order chi connectivity index (χ0) is 16.9. The summed E-state index contributed by atoms with van der Waals surface area (Å²) in [6.07, 6.45) is -4.41. The molecule has 1 atom stereocenters. The molecule has 0 aliphatic heterocycles. The molecule has 1 rings (SSSR count). The van der Waals surface area contributed by atoms with E-state index in [0.29, 0.717) is 5.69 Å². The Bertz CT molecular complexity index is 643. The molecule has 0 unspecified atom stereocenters. The van der Waals surface area contributed by atoms with Crippen LogP contribution in [0.15, 0.2) is 18.2 Å². The Balaban J connectivity index is 2.87. The van der Waals surface area contributed by atoms with E-state index in [9.17, 15) is 18.0 Å². The smallest absolute Gasteiger partial charge is 0.314 e. The lowest BCUT2D eigenvalue weighted by atomic mass is 10.1. The highest BCUT2D eigenvalue weighted by Crippen LogP contribution is 2.19. The topological polar surface area (TPSA) is 79.9 Å². The third-order valence-electron chi connectivity index (χ3n) is 2.94. The molecule has 1 aromatic rings. The Morgan fingerprint density at radius 1 is 1.32 bits per heavy atom. The molecule has 22 heavy (non-hydrogen) atoms. The fourth-order valence-corrected chi connectivity index (χ4v) is 1.70. The highest BCUT2D eigenvalue weighted by Gasteiger charge is 2.29. The van der Waals surface area contributed by atoms with Crippen LogP contribution in [-0.4, -0.2) is 31.7 Å². The van der Waals surface area contributed by atoms with Crippen molar-refractivity contribution in [1.82, 2.24) is 5.32 Å². The summed E-state index contributed by atoms with van der Waals surface area (Å²) in [5, 5.41) is 19.9. The van der Waals surface area contributed by atoms with E-state index in [2.05, 4.69) is 5.32 Å². The number of benzene rings is 1. The van der Waals surface area contributed by atoms with Gasteiger partial charge in [-0.15, -0.1) is 0 Å². The largest absolute Gasteiger partial charge is 0.401 e. The van der Waals surface area contributed by atoms with Crippen molar-refractivity contribution >= 4 is 11.6 Å². The third kappa shape index (κ3) is 4.47. The van der Waals surface area contributed by atoms with Gasteiger partial charge in [-0.3, -0.25) is 10.1 Å². The first-order chi connectivity index (χ1) is 10.2. The van der Waals surface area contributed by atoms with Crippen LogP contribution in [0.25, 0.3) is 0 Å². The summed E-state index contributed by atoms with van der Waals surface area (Å²) in [5.41, 5.74) is 0.576. The highest BCUT2D eigenvalue weighted by molar-refractivity contribution is 5.96. The zero-order valence-electron chi connectivity index (χ0n) is 11.9. The maximum atomic E-state index is 12.1. The van der Waals surface area contributed by atoms with Crippen molar-refractivity contribution in [3.05, 3.63) is 29.3 Å². The minimum absolute atomic E-state index is 0.0931. The van der Waals surface area contributed by atoms with Gasteiger partial charge in [0.1, 0.15) is 12.1 Å². The SMILES string of the molecule is C[C@H](NCC(F)(F)F)C(=O)N(C)c1ccc(C#N)c(C#N)c1. The van der Waals surface area contributed by atoms with E-state index in [0.717, 1.165) is 4.90 Å². The van der Waals surface area contributed by atoms with E-state index in [4.69, 9.17) is 10.5 Å². The molecule has 0 aromatic heterocycles. The molecule has 0 saturated carbocycles. The molecule has 0 aliphatic rings. The number of likely N-dealkylation sites (N-methyl/N-ethyl adjacent to an activating group) is 1. The average Bonchev–Trinajstić information content (AvgIpc) is 2.49. The quantitative estimate of drug-likeness (QED) is 0.921. The van der Waals surface area contributed by atoms with Gasteiger partial charge in [-0.1, -0.05) is 0 Å². The number of rotatable bonds is 4. The lowest BCUT2D eigenvalue weighted by Crippen LogP contribution is -2.46. The van der Waals surface area contributed by atoms with Crippen LogP contribution >= 0.6 is 0 Å². The van der Waals surface area contributed by atoms with Crippen molar-refractivity contribution in [2.24, 2.45) is 0 Å². The van der Waals surface area contributed by atoms with Crippen LogP contribution in [-0.2, 0) is 4.79 Å². The highest BCUT2D eigenvalue weighted by atomic mass is 19.4. The number of carbonyl (C=O) groups excluding carboxylic acids is 1. The van der Waals surface area contributed by atoms with E-state index in [1.165, 1.54) is 32.2 Å². The van der Waals surface area contributed by atoms with Gasteiger partial charge in [0.15, 0.2) is 0 Å². The summed E-state index contributed by atoms with van der Waals surface area (Å²) >= 11 is 0. The Morgan fingerprint density at radius 2 is 1.91 bits per heavy atom. The van der Waals surface area contributed by atoms with Gasteiger partial charge < -0.3 is 4.90 Å². The van der Waals surface area contributed by atoms with Gasteiger partial charge in [0, 0.05) is 12.7 Å². The number of amides is 1. The number of alkyl halides is 3. The van der Waals surface area contributed by atoms with Crippen LogP contribution < -0.4 is 10.2 Å².